The Morgan fingerprint density at radius 2 is 2.38 bits per heavy atom. The maximum Gasteiger partial charge on any atom is 0.290 e. The fraction of sp³-hybridized carbons (Fsp3) is 0.500. The average molecular weight is 241 g/mol. The van der Waals surface area contributed by atoms with Crippen molar-refractivity contribution >= 4 is 23.3 Å². The van der Waals surface area contributed by atoms with Gasteiger partial charge in [-0.05, 0) is 19.2 Å². The number of hydrogen-bond donors (Lipinski definition) is 1. The third-order valence-corrected chi connectivity index (χ3v) is 3.22. The first kappa shape index (κ1) is 12.8. The smallest absolute Gasteiger partial charge is 0.290 e. The number of thioether (sulfide) groups is 1. The van der Waals surface area contributed by atoms with Crippen molar-refractivity contribution in [3.05, 3.63) is 27.9 Å². The van der Waals surface area contributed by atoms with Gasteiger partial charge in [-0.2, -0.15) is 11.8 Å². The van der Waals surface area contributed by atoms with Crippen LogP contribution in [-0.2, 0) is 0 Å². The summed E-state index contributed by atoms with van der Waals surface area (Å²) in [5.41, 5.74) is 0.683. The van der Waals surface area contributed by atoms with Gasteiger partial charge in [0.25, 0.3) is 5.69 Å². The molecule has 0 saturated carbocycles. The molecule has 1 N–H and O–H groups in total. The lowest BCUT2D eigenvalue weighted by atomic mass is 10.2. The van der Waals surface area contributed by atoms with E-state index in [0.29, 0.717) is 16.6 Å². The van der Waals surface area contributed by atoms with Crippen LogP contribution in [0, 0.1) is 17.0 Å². The number of pyridine rings is 1. The SMILES string of the molecule is CSC(C)CNc1cc(C)c([N+](=O)[O-])cn1. The van der Waals surface area contributed by atoms with Gasteiger partial charge in [0.1, 0.15) is 12.0 Å². The van der Waals surface area contributed by atoms with Gasteiger partial charge in [-0.1, -0.05) is 6.92 Å². The molecule has 1 heterocycles. The van der Waals surface area contributed by atoms with Crippen LogP contribution in [0.4, 0.5) is 11.5 Å². The van der Waals surface area contributed by atoms with Crippen LogP contribution in [0.3, 0.4) is 0 Å². The molecule has 16 heavy (non-hydrogen) atoms. The maximum absolute atomic E-state index is 10.6. The van der Waals surface area contributed by atoms with Gasteiger partial charge in [0.05, 0.1) is 4.92 Å². The molecule has 1 aromatic rings. The van der Waals surface area contributed by atoms with Gasteiger partial charge < -0.3 is 5.32 Å². The Morgan fingerprint density at radius 3 is 2.88 bits per heavy atom. The largest absolute Gasteiger partial charge is 0.369 e. The highest BCUT2D eigenvalue weighted by atomic mass is 32.2. The summed E-state index contributed by atoms with van der Waals surface area (Å²) < 4.78 is 0. The van der Waals surface area contributed by atoms with Gasteiger partial charge in [0.2, 0.25) is 0 Å². The standard InChI is InChI=1S/C10H15N3O2S/c1-7-4-10(11-5-8(2)16-3)12-6-9(7)13(14)15/h4,6,8H,5H2,1-3H3,(H,11,12). The van der Waals surface area contributed by atoms with E-state index in [1.165, 1.54) is 6.20 Å². The molecule has 0 aliphatic carbocycles. The molecular weight excluding hydrogens is 226 g/mol. The van der Waals surface area contributed by atoms with Crippen LogP contribution in [-0.4, -0.2) is 28.0 Å². The summed E-state index contributed by atoms with van der Waals surface area (Å²) in [5, 5.41) is 14.2. The summed E-state index contributed by atoms with van der Waals surface area (Å²) in [6, 6.07) is 1.70. The predicted octanol–water partition coefficient (Wildman–Crippen LogP) is 2.46. The van der Waals surface area contributed by atoms with Gasteiger partial charge in [-0.15, -0.1) is 0 Å². The number of rotatable bonds is 5. The first-order valence-corrected chi connectivity index (χ1v) is 6.21. The lowest BCUT2D eigenvalue weighted by molar-refractivity contribution is -0.385. The first-order valence-electron chi connectivity index (χ1n) is 4.92. The van der Waals surface area contributed by atoms with Crippen molar-refractivity contribution in [2.45, 2.75) is 19.1 Å². The number of aryl methyl sites for hydroxylation is 1. The van der Waals surface area contributed by atoms with Crippen molar-refractivity contribution in [1.29, 1.82) is 0 Å². The molecule has 0 aliphatic rings. The maximum atomic E-state index is 10.6. The van der Waals surface area contributed by atoms with Crippen molar-refractivity contribution in [1.82, 2.24) is 4.98 Å². The highest BCUT2D eigenvalue weighted by molar-refractivity contribution is 7.99. The second-order valence-corrected chi connectivity index (χ2v) is 4.82. The Morgan fingerprint density at radius 1 is 1.69 bits per heavy atom. The number of nitrogens with zero attached hydrogens (tertiary/aromatic N) is 2. The van der Waals surface area contributed by atoms with Crippen LogP contribution >= 0.6 is 11.8 Å². The summed E-state index contributed by atoms with van der Waals surface area (Å²) in [6.07, 6.45) is 3.34. The number of hydrogen-bond acceptors (Lipinski definition) is 5. The Hall–Kier alpha value is -1.30. The van der Waals surface area contributed by atoms with E-state index in [4.69, 9.17) is 0 Å². The fourth-order valence-electron chi connectivity index (χ4n) is 1.17. The van der Waals surface area contributed by atoms with E-state index < -0.39 is 4.92 Å². The molecule has 5 nitrogen and oxygen atoms in total. The topological polar surface area (TPSA) is 68.1 Å². The molecule has 0 aromatic carbocycles. The molecule has 0 radical (unpaired) electrons. The van der Waals surface area contributed by atoms with Gasteiger partial charge in [0.15, 0.2) is 0 Å². The van der Waals surface area contributed by atoms with Gasteiger partial charge in [-0.25, -0.2) is 4.98 Å². The Bertz CT molecular complexity index is 384. The Labute approximate surface area is 98.8 Å². The third kappa shape index (κ3) is 3.37. The van der Waals surface area contributed by atoms with E-state index in [0.717, 1.165) is 6.54 Å². The lowest BCUT2D eigenvalue weighted by Crippen LogP contribution is -2.13. The van der Waals surface area contributed by atoms with Crippen molar-refractivity contribution < 1.29 is 4.92 Å². The number of anilines is 1. The van der Waals surface area contributed by atoms with Gasteiger partial charge >= 0.3 is 0 Å². The highest BCUT2D eigenvalue weighted by Crippen LogP contribution is 2.19. The minimum atomic E-state index is -0.420. The minimum absolute atomic E-state index is 0.0588. The van der Waals surface area contributed by atoms with Crippen molar-refractivity contribution in [3.63, 3.8) is 0 Å². The van der Waals surface area contributed by atoms with E-state index in [2.05, 4.69) is 17.2 Å². The molecule has 1 atom stereocenters. The summed E-state index contributed by atoms with van der Waals surface area (Å²) in [5.74, 6) is 0.684. The lowest BCUT2D eigenvalue weighted by Gasteiger charge is -2.10. The fourth-order valence-corrected chi connectivity index (χ4v) is 1.42. The van der Waals surface area contributed by atoms with Crippen LogP contribution in [0.1, 0.15) is 12.5 Å². The van der Waals surface area contributed by atoms with E-state index in [1.807, 2.05) is 6.26 Å². The molecule has 1 aromatic heterocycles. The third-order valence-electron chi connectivity index (χ3n) is 2.25. The summed E-state index contributed by atoms with van der Waals surface area (Å²) in [4.78, 5) is 14.2. The monoisotopic (exact) mass is 241 g/mol. The molecule has 0 fully saturated rings. The van der Waals surface area contributed by atoms with E-state index in [-0.39, 0.29) is 5.69 Å². The van der Waals surface area contributed by atoms with Gasteiger partial charge in [-0.3, -0.25) is 10.1 Å². The predicted molar refractivity (Wildman–Crippen MR) is 67.1 cm³/mol. The van der Waals surface area contributed by atoms with E-state index in [9.17, 15) is 10.1 Å². The van der Waals surface area contributed by atoms with Crippen LogP contribution in [0.15, 0.2) is 12.3 Å². The zero-order chi connectivity index (χ0) is 12.1. The Balaban J connectivity index is 2.70. The number of aromatic nitrogens is 1. The normalized spacial score (nSPS) is 12.2. The van der Waals surface area contributed by atoms with Gasteiger partial charge in [0, 0.05) is 17.4 Å². The average Bonchev–Trinajstić information content (AvgIpc) is 2.25. The second-order valence-electron chi connectivity index (χ2n) is 3.54. The molecule has 6 heteroatoms. The molecule has 0 bridgehead atoms. The van der Waals surface area contributed by atoms with Crippen LogP contribution in [0.5, 0.6) is 0 Å². The van der Waals surface area contributed by atoms with Crippen molar-refractivity contribution in [2.24, 2.45) is 0 Å². The molecule has 0 saturated heterocycles. The van der Waals surface area contributed by atoms with Crippen LogP contribution in [0.2, 0.25) is 0 Å². The molecule has 0 amide bonds. The molecular formula is C10H15N3O2S. The van der Waals surface area contributed by atoms with Crippen LogP contribution < -0.4 is 5.32 Å². The highest BCUT2D eigenvalue weighted by Gasteiger charge is 2.11. The van der Waals surface area contributed by atoms with Crippen LogP contribution in [0.25, 0.3) is 0 Å². The minimum Gasteiger partial charge on any atom is -0.369 e. The zero-order valence-electron chi connectivity index (χ0n) is 9.56. The van der Waals surface area contributed by atoms with Crippen molar-refractivity contribution in [3.8, 4) is 0 Å². The molecule has 88 valence electrons. The molecule has 0 aliphatic heterocycles. The first-order chi connectivity index (χ1) is 7.54. The van der Waals surface area contributed by atoms with E-state index >= 15 is 0 Å². The molecule has 1 unspecified atom stereocenters. The van der Waals surface area contributed by atoms with E-state index in [1.54, 1.807) is 24.8 Å². The quantitative estimate of drug-likeness (QED) is 0.633. The number of nitrogens with one attached hydrogen (secondary N) is 1. The summed E-state index contributed by atoms with van der Waals surface area (Å²) >= 11 is 1.76. The summed E-state index contributed by atoms with van der Waals surface area (Å²) in [6.45, 7) is 4.62. The Kier molecular flexibility index (Phi) is 4.54. The summed E-state index contributed by atoms with van der Waals surface area (Å²) in [7, 11) is 0. The number of nitro groups is 1. The second kappa shape index (κ2) is 5.69. The molecule has 1 rings (SSSR count). The van der Waals surface area contributed by atoms with Crippen molar-refractivity contribution in [2.75, 3.05) is 18.1 Å². The zero-order valence-corrected chi connectivity index (χ0v) is 10.4. The molecule has 0 spiro atoms.